The first kappa shape index (κ1) is 13.4. The molecule has 0 amide bonds. The van der Waals surface area contributed by atoms with E-state index in [-0.39, 0.29) is 11.3 Å². The molecule has 0 saturated heterocycles. The minimum Gasteiger partial charge on any atom is -0.302 e. The lowest BCUT2D eigenvalue weighted by Crippen LogP contribution is -2.47. The van der Waals surface area contributed by atoms with Crippen molar-refractivity contribution in [1.29, 1.82) is 0 Å². The van der Waals surface area contributed by atoms with E-state index in [2.05, 4.69) is 26.2 Å². The maximum absolute atomic E-state index is 12.1. The molecule has 0 aromatic carbocycles. The second-order valence-corrected chi connectivity index (χ2v) is 11.2. The molecule has 1 aliphatic carbocycles. The van der Waals surface area contributed by atoms with Crippen molar-refractivity contribution in [1.82, 2.24) is 0 Å². The predicted molar refractivity (Wildman–Crippen MR) is 69.3 cm³/mol. The number of ketones is 1. The standard InChI is InChI=1S/C13H22O2Si/c1-5-12(16(2,3)4)13(10-14)9-7-6-8-11(13)15/h5,10,12H,1,6-9H2,2-4H3/t12-,13+/m1/s1. The number of hydrogen-bond acceptors (Lipinski definition) is 2. The molecule has 0 aromatic rings. The number of carbonyl (C=O) groups is 2. The highest BCUT2D eigenvalue weighted by atomic mass is 28.3. The molecule has 0 aliphatic heterocycles. The second kappa shape index (κ2) is 4.66. The van der Waals surface area contributed by atoms with E-state index in [0.29, 0.717) is 6.42 Å². The third-order valence-electron chi connectivity index (χ3n) is 3.70. The molecule has 0 N–H and O–H groups in total. The van der Waals surface area contributed by atoms with Crippen LogP contribution in [0.15, 0.2) is 12.7 Å². The number of allylic oxidation sites excluding steroid dienone is 1. The fourth-order valence-corrected chi connectivity index (χ4v) is 5.56. The Labute approximate surface area is 99.1 Å². The van der Waals surface area contributed by atoms with Gasteiger partial charge < -0.3 is 4.79 Å². The van der Waals surface area contributed by atoms with Crippen LogP contribution < -0.4 is 0 Å². The van der Waals surface area contributed by atoms with Crippen LogP contribution in [0.1, 0.15) is 25.7 Å². The second-order valence-electron chi connectivity index (χ2n) is 5.87. The van der Waals surface area contributed by atoms with Gasteiger partial charge >= 0.3 is 0 Å². The minimum absolute atomic E-state index is 0.0744. The van der Waals surface area contributed by atoms with E-state index in [1.807, 2.05) is 6.08 Å². The van der Waals surface area contributed by atoms with E-state index in [0.717, 1.165) is 25.5 Å². The van der Waals surface area contributed by atoms with E-state index in [1.165, 1.54) is 0 Å². The van der Waals surface area contributed by atoms with Crippen molar-refractivity contribution in [3.63, 3.8) is 0 Å². The van der Waals surface area contributed by atoms with Crippen molar-refractivity contribution in [2.45, 2.75) is 50.9 Å². The van der Waals surface area contributed by atoms with Gasteiger partial charge in [-0.25, -0.2) is 0 Å². The first-order valence-corrected chi connectivity index (χ1v) is 9.58. The van der Waals surface area contributed by atoms with Gasteiger partial charge in [0.1, 0.15) is 12.1 Å². The summed E-state index contributed by atoms with van der Waals surface area (Å²) in [6.07, 6.45) is 5.97. The minimum atomic E-state index is -1.58. The Morgan fingerprint density at radius 3 is 2.38 bits per heavy atom. The molecule has 1 fully saturated rings. The lowest BCUT2D eigenvalue weighted by Gasteiger charge is -2.42. The van der Waals surface area contributed by atoms with Crippen LogP contribution >= 0.6 is 0 Å². The summed E-state index contributed by atoms with van der Waals surface area (Å²) in [5.41, 5.74) is -0.671. The lowest BCUT2D eigenvalue weighted by molar-refractivity contribution is -0.137. The number of rotatable bonds is 4. The smallest absolute Gasteiger partial charge is 0.146 e. The molecular formula is C13H22O2Si. The number of Topliss-reactive ketones (excluding diaryl/α,β-unsaturated/α-hetero) is 1. The van der Waals surface area contributed by atoms with Crippen molar-refractivity contribution in [2.75, 3.05) is 0 Å². The Balaban J connectivity index is 3.15. The van der Waals surface area contributed by atoms with E-state index < -0.39 is 13.5 Å². The largest absolute Gasteiger partial charge is 0.302 e. The predicted octanol–water partition coefficient (Wildman–Crippen LogP) is 3.21. The Morgan fingerprint density at radius 1 is 1.38 bits per heavy atom. The average Bonchev–Trinajstić information content (AvgIpc) is 2.20. The molecule has 1 aliphatic rings. The van der Waals surface area contributed by atoms with Gasteiger partial charge in [0.05, 0.1) is 13.5 Å². The monoisotopic (exact) mass is 238 g/mol. The van der Waals surface area contributed by atoms with E-state index in [9.17, 15) is 9.59 Å². The molecule has 1 saturated carbocycles. The van der Waals surface area contributed by atoms with Crippen LogP contribution in [0.5, 0.6) is 0 Å². The van der Waals surface area contributed by atoms with Crippen molar-refractivity contribution in [2.24, 2.45) is 5.41 Å². The molecule has 0 spiro atoms. The molecule has 0 radical (unpaired) electrons. The highest BCUT2D eigenvalue weighted by Crippen LogP contribution is 2.47. The fraction of sp³-hybridized carbons (Fsp3) is 0.692. The van der Waals surface area contributed by atoms with Crippen LogP contribution in [0, 0.1) is 5.41 Å². The van der Waals surface area contributed by atoms with E-state index >= 15 is 0 Å². The molecule has 1 rings (SSSR count). The zero-order chi connectivity index (χ0) is 12.4. The molecule has 0 unspecified atom stereocenters. The molecule has 2 nitrogen and oxygen atoms in total. The Bertz CT molecular complexity index is 304. The summed E-state index contributed by atoms with van der Waals surface area (Å²) in [6.45, 7) is 10.5. The van der Waals surface area contributed by atoms with Crippen molar-refractivity contribution >= 4 is 20.1 Å². The summed E-state index contributed by atoms with van der Waals surface area (Å²) in [7, 11) is -1.58. The van der Waals surface area contributed by atoms with Gasteiger partial charge in [0.25, 0.3) is 0 Å². The van der Waals surface area contributed by atoms with Gasteiger partial charge in [0.15, 0.2) is 0 Å². The Kier molecular flexibility index (Phi) is 3.89. The molecular weight excluding hydrogens is 216 g/mol. The zero-order valence-electron chi connectivity index (χ0n) is 10.6. The number of carbonyl (C=O) groups excluding carboxylic acids is 2. The Hall–Kier alpha value is -0.703. The van der Waals surface area contributed by atoms with Crippen LogP contribution in [0.3, 0.4) is 0 Å². The quantitative estimate of drug-likeness (QED) is 0.326. The van der Waals surface area contributed by atoms with Crippen LogP contribution in [-0.2, 0) is 9.59 Å². The van der Waals surface area contributed by atoms with Crippen molar-refractivity contribution in [3.05, 3.63) is 12.7 Å². The topological polar surface area (TPSA) is 34.1 Å². The van der Waals surface area contributed by atoms with Crippen LogP contribution in [-0.4, -0.2) is 20.1 Å². The summed E-state index contributed by atoms with van der Waals surface area (Å²) in [4.78, 5) is 23.6. The third kappa shape index (κ3) is 2.19. The fourth-order valence-electron chi connectivity index (χ4n) is 2.94. The maximum Gasteiger partial charge on any atom is 0.146 e. The summed E-state index contributed by atoms with van der Waals surface area (Å²) in [5.74, 6) is 0.140. The van der Waals surface area contributed by atoms with Gasteiger partial charge in [-0.3, -0.25) is 4.79 Å². The summed E-state index contributed by atoms with van der Waals surface area (Å²) < 4.78 is 0. The normalized spacial score (nSPS) is 28.6. The molecule has 3 heteroatoms. The first-order chi connectivity index (χ1) is 7.38. The lowest BCUT2D eigenvalue weighted by atomic mass is 9.71. The molecule has 0 aromatic heterocycles. The summed E-state index contributed by atoms with van der Waals surface area (Å²) >= 11 is 0. The van der Waals surface area contributed by atoms with Gasteiger partial charge in [-0.2, -0.15) is 0 Å². The summed E-state index contributed by atoms with van der Waals surface area (Å²) in [6, 6.07) is 0. The zero-order valence-corrected chi connectivity index (χ0v) is 11.6. The van der Waals surface area contributed by atoms with Gasteiger partial charge in [-0.15, -0.1) is 6.58 Å². The Morgan fingerprint density at radius 2 is 2.00 bits per heavy atom. The van der Waals surface area contributed by atoms with E-state index in [1.54, 1.807) is 0 Å². The van der Waals surface area contributed by atoms with Gasteiger partial charge in [-0.05, 0) is 18.4 Å². The maximum atomic E-state index is 12.1. The SMILES string of the molecule is C=C[C@H]([C@]1(C=O)CCCCC1=O)[Si](C)(C)C. The van der Waals surface area contributed by atoms with Crippen molar-refractivity contribution < 1.29 is 9.59 Å². The highest BCUT2D eigenvalue weighted by Gasteiger charge is 2.49. The molecule has 0 heterocycles. The number of hydrogen-bond donors (Lipinski definition) is 0. The van der Waals surface area contributed by atoms with Gasteiger partial charge in [0.2, 0.25) is 0 Å². The van der Waals surface area contributed by atoms with Gasteiger partial charge in [-0.1, -0.05) is 32.1 Å². The van der Waals surface area contributed by atoms with Crippen LogP contribution in [0.2, 0.25) is 25.2 Å². The van der Waals surface area contributed by atoms with Crippen LogP contribution in [0.25, 0.3) is 0 Å². The molecule has 90 valence electrons. The van der Waals surface area contributed by atoms with Crippen molar-refractivity contribution in [3.8, 4) is 0 Å². The average molecular weight is 238 g/mol. The summed E-state index contributed by atoms with van der Waals surface area (Å²) in [5, 5.41) is 0. The number of aldehydes is 1. The third-order valence-corrected chi connectivity index (χ3v) is 6.31. The van der Waals surface area contributed by atoms with Crippen LogP contribution in [0.4, 0.5) is 0 Å². The molecule has 16 heavy (non-hydrogen) atoms. The van der Waals surface area contributed by atoms with Gasteiger partial charge in [0, 0.05) is 6.42 Å². The first-order valence-electron chi connectivity index (χ1n) is 6.00. The molecule has 2 atom stereocenters. The van der Waals surface area contributed by atoms with E-state index in [4.69, 9.17) is 0 Å². The highest BCUT2D eigenvalue weighted by molar-refractivity contribution is 6.78. The molecule has 0 bridgehead atoms.